The number of nitrogens with zero attached hydrogens (tertiary/aromatic N) is 2. The van der Waals surface area contributed by atoms with Crippen molar-refractivity contribution in [2.45, 2.75) is 55.7 Å². The molecule has 0 bridgehead atoms. The quantitative estimate of drug-likeness (QED) is 0.454. The van der Waals surface area contributed by atoms with Gasteiger partial charge < -0.3 is 9.80 Å². The summed E-state index contributed by atoms with van der Waals surface area (Å²) in [6.45, 7) is 11.4. The van der Waals surface area contributed by atoms with Gasteiger partial charge in [0.05, 0.1) is 21.8 Å². The molecule has 1 atom stereocenters. The van der Waals surface area contributed by atoms with Crippen LogP contribution in [-0.4, -0.2) is 18.5 Å². The third-order valence-corrected chi connectivity index (χ3v) is 8.77. The molecule has 0 aromatic heterocycles. The molecule has 32 heavy (non-hydrogen) atoms. The Morgan fingerprint density at radius 2 is 1.66 bits per heavy atom. The van der Waals surface area contributed by atoms with Crippen molar-refractivity contribution in [3.63, 3.8) is 0 Å². The van der Waals surface area contributed by atoms with Gasteiger partial charge in [-0.25, -0.2) is 0 Å². The lowest BCUT2D eigenvalue weighted by atomic mass is 9.75. The SMILES string of the molecule is CCN1/C(=C/C2=CC(=C/C3Sc4ccccc4N3CC)/CC(C)(C)C2)Sc2ccccc21. The number of para-hydroxylation sites is 2. The number of likely N-dealkylation sites (N-methyl/N-ethyl adjacent to an activating group) is 1. The second kappa shape index (κ2) is 8.72. The molecule has 0 fully saturated rings. The van der Waals surface area contributed by atoms with Gasteiger partial charge in [0.25, 0.3) is 0 Å². The Labute approximate surface area is 201 Å². The van der Waals surface area contributed by atoms with E-state index in [0.29, 0.717) is 5.37 Å². The molecule has 2 aromatic rings. The molecule has 2 aliphatic heterocycles. The van der Waals surface area contributed by atoms with E-state index in [-0.39, 0.29) is 5.41 Å². The van der Waals surface area contributed by atoms with Crippen molar-refractivity contribution >= 4 is 34.9 Å². The molecular formula is C28H32N2S2. The van der Waals surface area contributed by atoms with Crippen LogP contribution in [0.3, 0.4) is 0 Å². The third kappa shape index (κ3) is 4.15. The highest BCUT2D eigenvalue weighted by atomic mass is 32.2. The first-order chi connectivity index (χ1) is 15.5. The largest absolute Gasteiger partial charge is 0.355 e. The Balaban J connectivity index is 1.46. The number of benzene rings is 2. The minimum absolute atomic E-state index is 0.271. The summed E-state index contributed by atoms with van der Waals surface area (Å²) in [5.74, 6) is 0. The van der Waals surface area contributed by atoms with Gasteiger partial charge in [0.15, 0.2) is 0 Å². The molecule has 2 heterocycles. The van der Waals surface area contributed by atoms with Crippen molar-refractivity contribution < 1.29 is 0 Å². The highest BCUT2D eigenvalue weighted by molar-refractivity contribution is 8.03. The maximum absolute atomic E-state index is 2.53. The zero-order chi connectivity index (χ0) is 22.3. The fourth-order valence-corrected chi connectivity index (χ4v) is 7.69. The van der Waals surface area contributed by atoms with Crippen molar-refractivity contribution in [2.75, 3.05) is 22.9 Å². The lowest BCUT2D eigenvalue weighted by Crippen LogP contribution is -2.28. The van der Waals surface area contributed by atoms with Gasteiger partial charge in [-0.3, -0.25) is 0 Å². The fraction of sp³-hybridized carbons (Fsp3) is 0.357. The molecule has 4 heteroatoms. The molecule has 0 saturated heterocycles. The standard InChI is InChI=1S/C28H32N2S2/c1-5-29-22-11-7-9-13-24(22)31-26(29)16-20-15-21(19-28(3,4)18-20)17-27-30(6-2)23-12-8-10-14-25(23)32-27/h7-17,26H,5-6,18-19H2,1-4H3/b20-16-,27-17-. The van der Waals surface area contributed by atoms with E-state index in [4.69, 9.17) is 0 Å². The van der Waals surface area contributed by atoms with Gasteiger partial charge in [-0.15, -0.1) is 0 Å². The molecule has 0 N–H and O–H groups in total. The van der Waals surface area contributed by atoms with E-state index in [1.165, 1.54) is 37.3 Å². The van der Waals surface area contributed by atoms with E-state index < -0.39 is 0 Å². The summed E-state index contributed by atoms with van der Waals surface area (Å²) >= 11 is 3.89. The molecule has 1 aliphatic carbocycles. The average molecular weight is 461 g/mol. The van der Waals surface area contributed by atoms with Crippen molar-refractivity contribution in [1.29, 1.82) is 0 Å². The maximum Gasteiger partial charge on any atom is 0.0988 e. The van der Waals surface area contributed by atoms with Crippen LogP contribution in [0, 0.1) is 5.41 Å². The molecule has 0 radical (unpaired) electrons. The van der Waals surface area contributed by atoms with Crippen LogP contribution in [0.2, 0.25) is 0 Å². The predicted molar refractivity (Wildman–Crippen MR) is 142 cm³/mol. The molecule has 1 unspecified atom stereocenters. The van der Waals surface area contributed by atoms with Gasteiger partial charge in [0.2, 0.25) is 0 Å². The van der Waals surface area contributed by atoms with Gasteiger partial charge in [-0.2, -0.15) is 0 Å². The number of allylic oxidation sites excluding steroid dienone is 4. The van der Waals surface area contributed by atoms with E-state index in [1.54, 1.807) is 0 Å². The lowest BCUT2D eigenvalue weighted by molar-refractivity contribution is 0.354. The second-order valence-corrected chi connectivity index (χ2v) is 11.8. The van der Waals surface area contributed by atoms with Crippen LogP contribution in [0.1, 0.15) is 40.5 Å². The number of thioether (sulfide) groups is 2. The molecule has 0 spiro atoms. The topological polar surface area (TPSA) is 6.48 Å². The highest BCUT2D eigenvalue weighted by Crippen LogP contribution is 2.48. The summed E-state index contributed by atoms with van der Waals surface area (Å²) in [5.41, 5.74) is 5.91. The minimum atomic E-state index is 0.271. The molecule has 5 rings (SSSR count). The smallest absolute Gasteiger partial charge is 0.0988 e. The van der Waals surface area contributed by atoms with Gasteiger partial charge in [-0.05, 0) is 79.7 Å². The number of rotatable bonds is 4. The summed E-state index contributed by atoms with van der Waals surface area (Å²) in [7, 11) is 0. The predicted octanol–water partition coefficient (Wildman–Crippen LogP) is 8.09. The van der Waals surface area contributed by atoms with Crippen LogP contribution in [0.4, 0.5) is 11.4 Å². The summed E-state index contributed by atoms with van der Waals surface area (Å²) in [5, 5.41) is 1.73. The first-order valence-electron chi connectivity index (χ1n) is 11.7. The monoisotopic (exact) mass is 460 g/mol. The van der Waals surface area contributed by atoms with Crippen LogP contribution in [0.25, 0.3) is 0 Å². The Bertz CT molecular complexity index is 1110. The van der Waals surface area contributed by atoms with Gasteiger partial charge >= 0.3 is 0 Å². The van der Waals surface area contributed by atoms with Crippen LogP contribution in [0.15, 0.2) is 92.7 Å². The molecule has 0 saturated carbocycles. The zero-order valence-electron chi connectivity index (χ0n) is 19.5. The maximum atomic E-state index is 2.53. The van der Waals surface area contributed by atoms with Crippen molar-refractivity contribution in [3.8, 4) is 0 Å². The number of anilines is 2. The number of fused-ring (bicyclic) bond motifs is 2. The molecule has 3 aliphatic rings. The van der Waals surface area contributed by atoms with Crippen LogP contribution >= 0.6 is 23.5 Å². The summed E-state index contributed by atoms with van der Waals surface area (Å²) < 4.78 is 0. The lowest BCUT2D eigenvalue weighted by Gasteiger charge is -2.32. The molecule has 166 valence electrons. The van der Waals surface area contributed by atoms with Gasteiger partial charge in [0, 0.05) is 22.9 Å². The second-order valence-electron chi connectivity index (χ2n) is 9.54. The Morgan fingerprint density at radius 3 is 2.41 bits per heavy atom. The highest BCUT2D eigenvalue weighted by Gasteiger charge is 2.31. The first-order valence-corrected chi connectivity index (χ1v) is 13.4. The van der Waals surface area contributed by atoms with Crippen molar-refractivity contribution in [3.05, 3.63) is 82.9 Å². The van der Waals surface area contributed by atoms with E-state index >= 15 is 0 Å². The molecule has 2 nitrogen and oxygen atoms in total. The van der Waals surface area contributed by atoms with E-state index in [2.05, 4.69) is 104 Å². The van der Waals surface area contributed by atoms with Crippen LogP contribution in [-0.2, 0) is 0 Å². The Morgan fingerprint density at radius 1 is 0.938 bits per heavy atom. The third-order valence-electron chi connectivity index (χ3n) is 6.42. The molecular weight excluding hydrogens is 428 g/mol. The Hall–Kier alpha value is -2.04. The number of hydrogen-bond acceptors (Lipinski definition) is 4. The van der Waals surface area contributed by atoms with Crippen LogP contribution < -0.4 is 9.80 Å². The van der Waals surface area contributed by atoms with E-state index in [0.717, 1.165) is 25.9 Å². The summed E-state index contributed by atoms with van der Waals surface area (Å²) in [6, 6.07) is 17.6. The van der Waals surface area contributed by atoms with Crippen LogP contribution in [0.5, 0.6) is 0 Å². The number of hydrogen-bond donors (Lipinski definition) is 0. The fourth-order valence-electron chi connectivity index (χ4n) is 5.13. The first kappa shape index (κ1) is 21.8. The minimum Gasteiger partial charge on any atom is -0.355 e. The van der Waals surface area contributed by atoms with E-state index in [1.807, 2.05) is 23.5 Å². The summed E-state index contributed by atoms with van der Waals surface area (Å²) in [4.78, 5) is 7.75. The molecule has 0 amide bonds. The Kier molecular flexibility index (Phi) is 5.94. The van der Waals surface area contributed by atoms with E-state index in [9.17, 15) is 0 Å². The molecule has 2 aromatic carbocycles. The zero-order valence-corrected chi connectivity index (χ0v) is 21.1. The van der Waals surface area contributed by atoms with Crippen molar-refractivity contribution in [1.82, 2.24) is 0 Å². The summed E-state index contributed by atoms with van der Waals surface area (Å²) in [6.07, 6.45) is 9.68. The average Bonchev–Trinajstić information content (AvgIpc) is 3.28. The normalized spacial score (nSPS) is 24.1. The van der Waals surface area contributed by atoms with Crippen molar-refractivity contribution in [2.24, 2.45) is 5.41 Å². The van der Waals surface area contributed by atoms with Gasteiger partial charge in [0.1, 0.15) is 0 Å². The van der Waals surface area contributed by atoms with Gasteiger partial charge in [-0.1, -0.05) is 67.7 Å².